The van der Waals surface area contributed by atoms with Crippen LogP contribution < -0.4 is 5.32 Å². The number of carbonyl (C=O) groups is 1. The number of hydrogen-bond donors (Lipinski definition) is 1. The molecular formula is C11H10BrN3OS. The van der Waals surface area contributed by atoms with Gasteiger partial charge in [0.2, 0.25) is 0 Å². The van der Waals surface area contributed by atoms with Gasteiger partial charge in [-0.2, -0.15) is 0 Å². The number of thiophene rings is 1. The van der Waals surface area contributed by atoms with Crippen molar-refractivity contribution in [1.82, 2.24) is 9.97 Å². The molecule has 6 heteroatoms. The average Bonchev–Trinajstić information content (AvgIpc) is 2.63. The predicted octanol–water partition coefficient (Wildman–Crippen LogP) is 3.17. The van der Waals surface area contributed by atoms with Crippen molar-refractivity contribution < 1.29 is 4.79 Å². The Balaban J connectivity index is 2.14. The Hall–Kier alpha value is -1.27. The lowest BCUT2D eigenvalue weighted by atomic mass is 10.3. The van der Waals surface area contributed by atoms with E-state index < -0.39 is 0 Å². The van der Waals surface area contributed by atoms with Crippen molar-refractivity contribution in [1.29, 1.82) is 0 Å². The second kappa shape index (κ2) is 4.93. The molecular weight excluding hydrogens is 302 g/mol. The monoisotopic (exact) mass is 311 g/mol. The predicted molar refractivity (Wildman–Crippen MR) is 71.5 cm³/mol. The van der Waals surface area contributed by atoms with Crippen LogP contribution in [-0.2, 0) is 0 Å². The van der Waals surface area contributed by atoms with Crippen LogP contribution in [-0.4, -0.2) is 15.9 Å². The third kappa shape index (κ3) is 2.89. The zero-order valence-corrected chi connectivity index (χ0v) is 11.7. The second-order valence-electron chi connectivity index (χ2n) is 3.53. The molecule has 0 aliphatic carbocycles. The molecule has 0 unspecified atom stereocenters. The number of hydrogen-bond acceptors (Lipinski definition) is 4. The number of anilines is 1. The molecule has 0 radical (unpaired) electrons. The minimum absolute atomic E-state index is 0.150. The molecule has 17 heavy (non-hydrogen) atoms. The summed E-state index contributed by atoms with van der Waals surface area (Å²) >= 11 is 4.66. The summed E-state index contributed by atoms with van der Waals surface area (Å²) in [5, 5.41) is 2.70. The molecule has 2 rings (SSSR count). The first-order valence-corrected chi connectivity index (χ1v) is 6.53. The van der Waals surface area contributed by atoms with Gasteiger partial charge in [0, 0.05) is 4.88 Å². The molecule has 0 aromatic carbocycles. The summed E-state index contributed by atoms with van der Waals surface area (Å²) in [7, 11) is 0. The molecule has 0 atom stereocenters. The fourth-order valence-electron chi connectivity index (χ4n) is 1.24. The van der Waals surface area contributed by atoms with Gasteiger partial charge in [-0.25, -0.2) is 9.97 Å². The lowest BCUT2D eigenvalue weighted by Gasteiger charge is -2.01. The number of nitrogens with one attached hydrogen (secondary N) is 1. The van der Waals surface area contributed by atoms with Crippen molar-refractivity contribution in [3.05, 3.63) is 38.4 Å². The van der Waals surface area contributed by atoms with E-state index in [1.807, 2.05) is 19.9 Å². The Bertz CT molecular complexity index is 531. The van der Waals surface area contributed by atoms with Gasteiger partial charge in [0.05, 0.1) is 17.3 Å². The summed E-state index contributed by atoms with van der Waals surface area (Å²) in [5.74, 6) is 0.296. The third-order valence-corrected chi connectivity index (χ3v) is 3.81. The Morgan fingerprint density at radius 1 is 1.35 bits per heavy atom. The first kappa shape index (κ1) is 12.2. The lowest BCUT2D eigenvalue weighted by molar-refractivity contribution is 0.103. The molecule has 88 valence electrons. The molecule has 0 saturated heterocycles. The molecule has 2 aromatic heterocycles. The number of aromatic nitrogens is 2. The normalized spacial score (nSPS) is 10.3. The molecule has 2 aromatic rings. The molecule has 0 spiro atoms. The first-order chi connectivity index (χ1) is 8.06. The molecule has 0 aliphatic rings. The highest BCUT2D eigenvalue weighted by molar-refractivity contribution is 9.10. The summed E-state index contributed by atoms with van der Waals surface area (Å²) in [4.78, 5) is 21.7. The van der Waals surface area contributed by atoms with E-state index in [2.05, 4.69) is 31.2 Å². The van der Waals surface area contributed by atoms with Gasteiger partial charge in [-0.05, 0) is 41.4 Å². The van der Waals surface area contributed by atoms with Gasteiger partial charge in [-0.1, -0.05) is 0 Å². The van der Waals surface area contributed by atoms with Crippen LogP contribution in [0.15, 0.2) is 23.1 Å². The number of amides is 1. The van der Waals surface area contributed by atoms with E-state index in [0.717, 1.165) is 10.4 Å². The average molecular weight is 312 g/mol. The van der Waals surface area contributed by atoms with Crippen molar-refractivity contribution in [3.8, 4) is 0 Å². The van der Waals surface area contributed by atoms with Crippen LogP contribution in [0.25, 0.3) is 0 Å². The number of carbonyl (C=O) groups excluding carboxylic acids is 1. The fraction of sp³-hybridized carbons (Fsp3) is 0.182. The lowest BCUT2D eigenvalue weighted by Crippen LogP contribution is -2.11. The molecule has 0 fully saturated rings. The Kier molecular flexibility index (Phi) is 3.54. The summed E-state index contributed by atoms with van der Waals surface area (Å²) in [6, 6.07) is 1.88. The van der Waals surface area contributed by atoms with Gasteiger partial charge in [-0.15, -0.1) is 11.3 Å². The molecule has 0 aliphatic heterocycles. The van der Waals surface area contributed by atoms with Crippen LogP contribution in [0.5, 0.6) is 0 Å². The molecule has 0 saturated carbocycles. The maximum Gasteiger partial charge on any atom is 0.266 e. The van der Waals surface area contributed by atoms with E-state index in [0.29, 0.717) is 15.3 Å². The molecule has 1 N–H and O–H groups in total. The highest BCUT2D eigenvalue weighted by Crippen LogP contribution is 2.21. The van der Waals surface area contributed by atoms with Crippen molar-refractivity contribution in [3.63, 3.8) is 0 Å². The smallest absolute Gasteiger partial charge is 0.266 e. The molecule has 4 nitrogen and oxygen atoms in total. The number of aryl methyl sites for hydroxylation is 2. The van der Waals surface area contributed by atoms with Gasteiger partial charge < -0.3 is 5.32 Å². The molecule has 0 bridgehead atoms. The zero-order chi connectivity index (χ0) is 12.4. The summed E-state index contributed by atoms with van der Waals surface area (Å²) < 4.78 is 0.637. The van der Waals surface area contributed by atoms with Gasteiger partial charge >= 0.3 is 0 Å². The number of rotatable bonds is 2. The highest BCUT2D eigenvalue weighted by Gasteiger charge is 2.11. The van der Waals surface area contributed by atoms with Crippen LogP contribution in [0, 0.1) is 13.8 Å². The van der Waals surface area contributed by atoms with E-state index in [9.17, 15) is 4.79 Å². The summed E-state index contributed by atoms with van der Waals surface area (Å²) in [6.45, 7) is 3.98. The van der Waals surface area contributed by atoms with E-state index in [4.69, 9.17) is 0 Å². The molecule has 1 amide bonds. The van der Waals surface area contributed by atoms with Gasteiger partial charge in [-0.3, -0.25) is 4.79 Å². The van der Waals surface area contributed by atoms with Crippen LogP contribution >= 0.6 is 27.3 Å². The highest BCUT2D eigenvalue weighted by atomic mass is 79.9. The standard InChI is InChI=1S/C11H10BrN3OS/c1-6-3-8(17-7(6)2)11(16)15-10-5-13-9(12)4-14-10/h3-5H,1-2H3,(H,14,15,16). The largest absolute Gasteiger partial charge is 0.305 e. The van der Waals surface area contributed by atoms with Crippen LogP contribution in [0.4, 0.5) is 5.82 Å². The quantitative estimate of drug-likeness (QED) is 0.926. The third-order valence-electron chi connectivity index (χ3n) is 2.25. The van der Waals surface area contributed by atoms with Gasteiger partial charge in [0.15, 0.2) is 5.82 Å². The number of nitrogens with zero attached hydrogens (tertiary/aromatic N) is 2. The molecule has 2 heterocycles. The Morgan fingerprint density at radius 2 is 2.12 bits per heavy atom. The zero-order valence-electron chi connectivity index (χ0n) is 9.32. The second-order valence-corrected chi connectivity index (χ2v) is 5.60. The van der Waals surface area contributed by atoms with E-state index in [-0.39, 0.29) is 5.91 Å². The van der Waals surface area contributed by atoms with Gasteiger partial charge in [0.25, 0.3) is 5.91 Å². The van der Waals surface area contributed by atoms with Crippen LogP contribution in [0.1, 0.15) is 20.1 Å². The van der Waals surface area contributed by atoms with Crippen LogP contribution in [0.3, 0.4) is 0 Å². The fourth-order valence-corrected chi connectivity index (χ4v) is 2.37. The Morgan fingerprint density at radius 3 is 2.65 bits per heavy atom. The first-order valence-electron chi connectivity index (χ1n) is 4.92. The SMILES string of the molecule is Cc1cc(C(=O)Nc2cnc(Br)cn2)sc1C. The maximum atomic E-state index is 11.9. The number of halogens is 1. The van der Waals surface area contributed by atoms with E-state index in [1.54, 1.807) is 6.20 Å². The minimum atomic E-state index is -0.150. The van der Waals surface area contributed by atoms with E-state index >= 15 is 0 Å². The van der Waals surface area contributed by atoms with E-state index in [1.165, 1.54) is 17.5 Å². The van der Waals surface area contributed by atoms with Crippen LogP contribution in [0.2, 0.25) is 0 Å². The van der Waals surface area contributed by atoms with Gasteiger partial charge in [0.1, 0.15) is 4.60 Å². The minimum Gasteiger partial charge on any atom is -0.305 e. The summed E-state index contributed by atoms with van der Waals surface area (Å²) in [6.07, 6.45) is 3.05. The topological polar surface area (TPSA) is 54.9 Å². The van der Waals surface area contributed by atoms with Crippen molar-refractivity contribution in [2.75, 3.05) is 5.32 Å². The van der Waals surface area contributed by atoms with Crippen molar-refractivity contribution in [2.24, 2.45) is 0 Å². The van der Waals surface area contributed by atoms with Crippen molar-refractivity contribution in [2.45, 2.75) is 13.8 Å². The Labute approximate surface area is 111 Å². The summed E-state index contributed by atoms with van der Waals surface area (Å²) in [5.41, 5.74) is 1.13. The maximum absolute atomic E-state index is 11.9. The van der Waals surface area contributed by atoms with Crippen molar-refractivity contribution >= 4 is 39.0 Å².